The number of hydrogen-bond acceptors (Lipinski definition) is 3. The van der Waals surface area contributed by atoms with Crippen LogP contribution >= 0.6 is 23.8 Å². The average molecular weight is 282 g/mol. The van der Waals surface area contributed by atoms with Crippen molar-refractivity contribution in [2.24, 2.45) is 0 Å². The molecule has 0 saturated carbocycles. The van der Waals surface area contributed by atoms with Crippen LogP contribution in [0.5, 0.6) is 0 Å². The summed E-state index contributed by atoms with van der Waals surface area (Å²) >= 11 is 10.9. The van der Waals surface area contributed by atoms with Gasteiger partial charge in [-0.15, -0.1) is 0 Å². The largest absolute Gasteiger partial charge is 0.347 e. The minimum Gasteiger partial charge on any atom is -0.347 e. The second-order valence-electron chi connectivity index (χ2n) is 3.59. The SMILES string of the molecule is Cc1[nH]cnc1NNC(=S)Nc1ccc(Cl)cc1. The van der Waals surface area contributed by atoms with Gasteiger partial charge in [-0.2, -0.15) is 0 Å². The molecule has 2 aromatic rings. The van der Waals surface area contributed by atoms with Crippen LogP contribution in [0.25, 0.3) is 0 Å². The zero-order chi connectivity index (χ0) is 13.0. The Morgan fingerprint density at radius 2 is 2.06 bits per heavy atom. The van der Waals surface area contributed by atoms with Gasteiger partial charge in [0.1, 0.15) is 0 Å². The van der Waals surface area contributed by atoms with Gasteiger partial charge in [0, 0.05) is 10.7 Å². The molecule has 18 heavy (non-hydrogen) atoms. The number of imidazole rings is 1. The van der Waals surface area contributed by atoms with Crippen LogP contribution in [0.15, 0.2) is 30.6 Å². The second kappa shape index (κ2) is 5.70. The highest BCUT2D eigenvalue weighted by molar-refractivity contribution is 7.80. The molecule has 0 amide bonds. The molecule has 0 aliphatic rings. The van der Waals surface area contributed by atoms with E-state index in [1.54, 1.807) is 18.5 Å². The van der Waals surface area contributed by atoms with E-state index in [1.807, 2.05) is 19.1 Å². The number of aromatic amines is 1. The van der Waals surface area contributed by atoms with Crippen LogP contribution in [0.2, 0.25) is 5.02 Å². The summed E-state index contributed by atoms with van der Waals surface area (Å²) < 4.78 is 0. The fraction of sp³-hybridized carbons (Fsp3) is 0.0909. The van der Waals surface area contributed by atoms with Crippen molar-refractivity contribution in [1.29, 1.82) is 0 Å². The Labute approximate surface area is 115 Å². The number of nitrogens with one attached hydrogen (secondary N) is 4. The van der Waals surface area contributed by atoms with Gasteiger partial charge in [0.2, 0.25) is 0 Å². The van der Waals surface area contributed by atoms with E-state index in [0.717, 1.165) is 11.4 Å². The first-order valence-corrected chi connectivity index (χ1v) is 6.02. The standard InChI is InChI=1S/C11H12ClN5S/c1-7-10(14-6-13-7)16-17-11(18)15-9-4-2-8(12)3-5-9/h2-6,16H,1H3,(H,13,14)(H2,15,17,18). The lowest BCUT2D eigenvalue weighted by atomic mass is 10.3. The van der Waals surface area contributed by atoms with Crippen LogP contribution in [-0.2, 0) is 0 Å². The number of rotatable bonds is 3. The van der Waals surface area contributed by atoms with Crippen molar-refractivity contribution in [3.63, 3.8) is 0 Å². The van der Waals surface area contributed by atoms with Crippen LogP contribution < -0.4 is 16.2 Å². The number of hydrogen-bond donors (Lipinski definition) is 4. The Hall–Kier alpha value is -1.79. The predicted octanol–water partition coefficient (Wildman–Crippen LogP) is 2.69. The molecule has 0 fully saturated rings. The van der Waals surface area contributed by atoms with E-state index in [-0.39, 0.29) is 0 Å². The first kappa shape index (κ1) is 12.7. The van der Waals surface area contributed by atoms with E-state index in [2.05, 4.69) is 26.1 Å². The number of anilines is 2. The van der Waals surface area contributed by atoms with E-state index in [9.17, 15) is 0 Å². The zero-order valence-corrected chi connectivity index (χ0v) is 11.2. The van der Waals surface area contributed by atoms with Gasteiger partial charge in [-0.3, -0.25) is 10.9 Å². The van der Waals surface area contributed by atoms with Crippen molar-refractivity contribution < 1.29 is 0 Å². The molecular weight excluding hydrogens is 270 g/mol. The molecule has 94 valence electrons. The molecule has 0 spiro atoms. The summed E-state index contributed by atoms with van der Waals surface area (Å²) in [5, 5.41) is 4.14. The van der Waals surface area contributed by atoms with E-state index in [1.165, 1.54) is 0 Å². The van der Waals surface area contributed by atoms with Crippen LogP contribution in [0.4, 0.5) is 11.5 Å². The summed E-state index contributed by atoms with van der Waals surface area (Å²) in [7, 11) is 0. The number of hydrazine groups is 1. The molecule has 0 radical (unpaired) electrons. The highest BCUT2D eigenvalue weighted by Crippen LogP contribution is 2.13. The van der Waals surface area contributed by atoms with Gasteiger partial charge in [-0.05, 0) is 43.4 Å². The number of halogens is 1. The molecule has 0 bridgehead atoms. The van der Waals surface area contributed by atoms with Crippen LogP contribution in [0.3, 0.4) is 0 Å². The maximum absolute atomic E-state index is 5.79. The second-order valence-corrected chi connectivity index (χ2v) is 4.43. The first-order valence-electron chi connectivity index (χ1n) is 5.23. The fourth-order valence-corrected chi connectivity index (χ4v) is 1.59. The van der Waals surface area contributed by atoms with Gasteiger partial charge >= 0.3 is 0 Å². The molecule has 4 N–H and O–H groups in total. The molecule has 1 aromatic carbocycles. The van der Waals surface area contributed by atoms with Crippen molar-refractivity contribution in [3.8, 4) is 0 Å². The Morgan fingerprint density at radius 3 is 2.67 bits per heavy atom. The highest BCUT2D eigenvalue weighted by atomic mass is 35.5. The van der Waals surface area contributed by atoms with Crippen molar-refractivity contribution in [3.05, 3.63) is 41.3 Å². The summed E-state index contributed by atoms with van der Waals surface area (Å²) in [6.45, 7) is 1.91. The molecule has 0 saturated heterocycles. The van der Waals surface area contributed by atoms with Crippen LogP contribution in [0, 0.1) is 6.92 Å². The normalized spacial score (nSPS) is 9.89. The fourth-order valence-electron chi connectivity index (χ4n) is 1.30. The van der Waals surface area contributed by atoms with Gasteiger partial charge in [0.05, 0.1) is 12.0 Å². The molecule has 7 heteroatoms. The molecule has 1 aromatic heterocycles. The number of aromatic nitrogens is 2. The maximum Gasteiger partial charge on any atom is 0.189 e. The maximum atomic E-state index is 5.79. The topological polar surface area (TPSA) is 64.8 Å². The van der Waals surface area contributed by atoms with Crippen molar-refractivity contribution in [2.75, 3.05) is 10.7 Å². The van der Waals surface area contributed by atoms with Crippen LogP contribution in [-0.4, -0.2) is 15.1 Å². The Kier molecular flexibility index (Phi) is 4.01. The predicted molar refractivity (Wildman–Crippen MR) is 77.8 cm³/mol. The number of benzene rings is 1. The summed E-state index contributed by atoms with van der Waals surface area (Å²) in [6.07, 6.45) is 1.61. The Bertz CT molecular complexity index is 537. The molecule has 1 heterocycles. The van der Waals surface area contributed by atoms with E-state index >= 15 is 0 Å². The molecule has 0 unspecified atom stereocenters. The number of nitrogens with zero attached hydrogens (tertiary/aromatic N) is 1. The molecule has 5 nitrogen and oxygen atoms in total. The quantitative estimate of drug-likeness (QED) is 0.515. The van der Waals surface area contributed by atoms with E-state index in [0.29, 0.717) is 16.0 Å². The van der Waals surface area contributed by atoms with Gasteiger partial charge in [-0.25, -0.2) is 4.98 Å². The lowest BCUT2D eigenvalue weighted by molar-refractivity contribution is 1.10. The zero-order valence-electron chi connectivity index (χ0n) is 9.62. The minimum atomic E-state index is 0.444. The highest BCUT2D eigenvalue weighted by Gasteiger charge is 2.01. The number of thiocarbonyl (C=S) groups is 1. The van der Waals surface area contributed by atoms with Crippen molar-refractivity contribution >= 4 is 40.4 Å². The molecular formula is C11H12ClN5S. The first-order chi connectivity index (χ1) is 8.65. The van der Waals surface area contributed by atoms with Gasteiger partial charge in [0.25, 0.3) is 0 Å². The average Bonchev–Trinajstić information content (AvgIpc) is 2.75. The minimum absolute atomic E-state index is 0.444. The van der Waals surface area contributed by atoms with Crippen LogP contribution in [0.1, 0.15) is 5.69 Å². The van der Waals surface area contributed by atoms with E-state index in [4.69, 9.17) is 23.8 Å². The van der Waals surface area contributed by atoms with Crippen molar-refractivity contribution in [1.82, 2.24) is 15.4 Å². The number of aryl methyl sites for hydroxylation is 1. The molecule has 2 rings (SSSR count). The summed E-state index contributed by atoms with van der Waals surface area (Å²) in [6, 6.07) is 7.27. The van der Waals surface area contributed by atoms with Gasteiger partial charge < -0.3 is 10.3 Å². The monoisotopic (exact) mass is 281 g/mol. The summed E-state index contributed by atoms with van der Waals surface area (Å²) in [5.74, 6) is 0.704. The summed E-state index contributed by atoms with van der Waals surface area (Å²) in [5.41, 5.74) is 7.53. The summed E-state index contributed by atoms with van der Waals surface area (Å²) in [4.78, 5) is 7.03. The van der Waals surface area contributed by atoms with Gasteiger partial charge in [0.15, 0.2) is 10.9 Å². The third-order valence-corrected chi connectivity index (χ3v) is 2.68. The lowest BCUT2D eigenvalue weighted by Crippen LogP contribution is -2.33. The molecule has 0 atom stereocenters. The number of H-pyrrole nitrogens is 1. The Balaban J connectivity index is 1.86. The van der Waals surface area contributed by atoms with Gasteiger partial charge in [-0.1, -0.05) is 11.6 Å². The van der Waals surface area contributed by atoms with E-state index < -0.39 is 0 Å². The molecule has 0 aliphatic heterocycles. The third kappa shape index (κ3) is 3.35. The lowest BCUT2D eigenvalue weighted by Gasteiger charge is -2.11. The third-order valence-electron chi connectivity index (χ3n) is 2.23. The van der Waals surface area contributed by atoms with Crippen molar-refractivity contribution in [2.45, 2.75) is 6.92 Å². The smallest absolute Gasteiger partial charge is 0.189 e. The Morgan fingerprint density at radius 1 is 1.33 bits per heavy atom. The molecule has 0 aliphatic carbocycles.